The number of amides is 1. The predicted octanol–water partition coefficient (Wildman–Crippen LogP) is 2.40. The Labute approximate surface area is 150 Å². The van der Waals surface area contributed by atoms with E-state index in [4.69, 9.17) is 0 Å². The first-order valence-electron chi connectivity index (χ1n) is 10.1. The zero-order valence-electron chi connectivity index (χ0n) is 15.5. The number of rotatable bonds is 2. The molecule has 1 aromatic heterocycles. The SMILES string of the molecule is CN1CCCC[C@H]1c1nnc2n1CCN(C(=O)C1CCCCC1)CC2. The Kier molecular flexibility index (Phi) is 5.06. The second kappa shape index (κ2) is 7.44. The summed E-state index contributed by atoms with van der Waals surface area (Å²) in [6.45, 7) is 3.59. The van der Waals surface area contributed by atoms with E-state index in [-0.39, 0.29) is 5.92 Å². The third-order valence-electron chi connectivity index (χ3n) is 6.39. The lowest BCUT2D eigenvalue weighted by molar-refractivity contribution is -0.136. The van der Waals surface area contributed by atoms with Crippen LogP contribution in [-0.4, -0.2) is 57.2 Å². The number of fused-ring (bicyclic) bond motifs is 1. The van der Waals surface area contributed by atoms with Gasteiger partial charge >= 0.3 is 0 Å². The van der Waals surface area contributed by atoms with Crippen LogP contribution in [0.15, 0.2) is 0 Å². The summed E-state index contributed by atoms with van der Waals surface area (Å²) in [5.41, 5.74) is 0. The first kappa shape index (κ1) is 17.0. The first-order valence-corrected chi connectivity index (χ1v) is 10.1. The van der Waals surface area contributed by atoms with Crippen LogP contribution in [-0.2, 0) is 17.8 Å². The summed E-state index contributed by atoms with van der Waals surface area (Å²) in [6, 6.07) is 0.385. The van der Waals surface area contributed by atoms with E-state index in [1.807, 2.05) is 0 Å². The van der Waals surface area contributed by atoms with Gasteiger partial charge < -0.3 is 9.47 Å². The van der Waals surface area contributed by atoms with Gasteiger partial charge in [0.1, 0.15) is 11.6 Å². The third kappa shape index (κ3) is 3.46. The van der Waals surface area contributed by atoms with E-state index in [0.29, 0.717) is 11.9 Å². The fourth-order valence-corrected chi connectivity index (χ4v) is 4.82. The van der Waals surface area contributed by atoms with E-state index in [0.717, 1.165) is 57.1 Å². The minimum absolute atomic E-state index is 0.265. The predicted molar refractivity (Wildman–Crippen MR) is 96.1 cm³/mol. The highest BCUT2D eigenvalue weighted by atomic mass is 16.2. The van der Waals surface area contributed by atoms with Gasteiger partial charge in [0.05, 0.1) is 6.04 Å². The van der Waals surface area contributed by atoms with Crippen LogP contribution < -0.4 is 0 Å². The summed E-state index contributed by atoms with van der Waals surface area (Å²) < 4.78 is 2.31. The molecule has 1 saturated carbocycles. The molecular weight excluding hydrogens is 314 g/mol. The van der Waals surface area contributed by atoms with Gasteiger partial charge in [-0.2, -0.15) is 0 Å². The van der Waals surface area contributed by atoms with Crippen molar-refractivity contribution in [2.75, 3.05) is 26.7 Å². The molecule has 25 heavy (non-hydrogen) atoms. The van der Waals surface area contributed by atoms with Crippen molar-refractivity contribution < 1.29 is 4.79 Å². The van der Waals surface area contributed by atoms with Crippen molar-refractivity contribution in [2.45, 2.75) is 70.4 Å². The lowest BCUT2D eigenvalue weighted by atomic mass is 9.88. The van der Waals surface area contributed by atoms with Gasteiger partial charge in [-0.3, -0.25) is 9.69 Å². The Hall–Kier alpha value is -1.43. The highest BCUT2D eigenvalue weighted by Gasteiger charge is 2.31. The standard InChI is InChI=1S/C19H31N5O/c1-22-11-6-5-9-16(22)18-21-20-17-10-12-23(13-14-24(17)18)19(25)15-7-3-2-4-8-15/h15-16H,2-14H2,1H3/t16-/m0/s1. The second-order valence-electron chi connectivity index (χ2n) is 8.03. The van der Waals surface area contributed by atoms with Crippen LogP contribution in [0.25, 0.3) is 0 Å². The van der Waals surface area contributed by atoms with Gasteiger partial charge in [-0.15, -0.1) is 10.2 Å². The van der Waals surface area contributed by atoms with Gasteiger partial charge in [-0.25, -0.2) is 0 Å². The lowest BCUT2D eigenvalue weighted by Gasteiger charge is -2.32. The minimum atomic E-state index is 0.265. The maximum Gasteiger partial charge on any atom is 0.225 e. The zero-order chi connectivity index (χ0) is 17.2. The van der Waals surface area contributed by atoms with Gasteiger partial charge in [0.25, 0.3) is 0 Å². The summed E-state index contributed by atoms with van der Waals surface area (Å²) in [6.07, 6.45) is 10.4. The summed E-state index contributed by atoms with van der Waals surface area (Å²) in [5, 5.41) is 9.02. The number of hydrogen-bond donors (Lipinski definition) is 0. The average Bonchev–Trinajstić information content (AvgIpc) is 2.93. The Balaban J connectivity index is 1.46. The molecule has 0 N–H and O–H groups in total. The number of piperidine rings is 1. The molecule has 1 aliphatic carbocycles. The van der Waals surface area contributed by atoms with E-state index in [1.54, 1.807) is 0 Å². The fourth-order valence-electron chi connectivity index (χ4n) is 4.82. The zero-order valence-corrected chi connectivity index (χ0v) is 15.5. The summed E-state index contributed by atoms with van der Waals surface area (Å²) in [5.74, 6) is 2.83. The quantitative estimate of drug-likeness (QED) is 0.826. The van der Waals surface area contributed by atoms with Crippen LogP contribution in [0.4, 0.5) is 0 Å². The molecule has 3 aliphatic rings. The number of hydrogen-bond acceptors (Lipinski definition) is 4. The molecule has 0 radical (unpaired) electrons. The second-order valence-corrected chi connectivity index (χ2v) is 8.03. The molecule has 1 aromatic rings. The van der Waals surface area contributed by atoms with E-state index < -0.39 is 0 Å². The number of aromatic nitrogens is 3. The molecule has 2 fully saturated rings. The Morgan fingerprint density at radius 2 is 1.72 bits per heavy atom. The van der Waals surface area contributed by atoms with Crippen molar-refractivity contribution in [3.8, 4) is 0 Å². The van der Waals surface area contributed by atoms with Crippen molar-refractivity contribution in [2.24, 2.45) is 5.92 Å². The Morgan fingerprint density at radius 1 is 0.920 bits per heavy atom. The van der Waals surface area contributed by atoms with Gasteiger partial charge in [0.2, 0.25) is 5.91 Å². The number of likely N-dealkylation sites (tertiary alicyclic amines) is 1. The molecule has 6 heteroatoms. The van der Waals surface area contributed by atoms with Crippen molar-refractivity contribution in [1.82, 2.24) is 24.6 Å². The molecule has 0 unspecified atom stereocenters. The molecule has 1 atom stereocenters. The maximum absolute atomic E-state index is 12.9. The molecule has 6 nitrogen and oxygen atoms in total. The van der Waals surface area contributed by atoms with E-state index in [2.05, 4.69) is 31.6 Å². The maximum atomic E-state index is 12.9. The monoisotopic (exact) mass is 345 g/mol. The van der Waals surface area contributed by atoms with Crippen LogP contribution in [0, 0.1) is 5.92 Å². The topological polar surface area (TPSA) is 54.3 Å². The summed E-state index contributed by atoms with van der Waals surface area (Å²) in [4.78, 5) is 17.4. The van der Waals surface area contributed by atoms with E-state index in [1.165, 1.54) is 38.5 Å². The Morgan fingerprint density at radius 3 is 2.52 bits per heavy atom. The molecule has 138 valence electrons. The summed E-state index contributed by atoms with van der Waals surface area (Å²) in [7, 11) is 2.20. The summed E-state index contributed by atoms with van der Waals surface area (Å²) >= 11 is 0. The third-order valence-corrected chi connectivity index (χ3v) is 6.39. The van der Waals surface area contributed by atoms with Crippen LogP contribution in [0.1, 0.15) is 69.1 Å². The largest absolute Gasteiger partial charge is 0.340 e. The van der Waals surface area contributed by atoms with Gasteiger partial charge in [0, 0.05) is 32.0 Å². The molecule has 0 spiro atoms. The highest BCUT2D eigenvalue weighted by Crippen LogP contribution is 2.30. The number of nitrogens with zero attached hydrogens (tertiary/aromatic N) is 5. The van der Waals surface area contributed by atoms with Crippen LogP contribution in [0.2, 0.25) is 0 Å². The molecule has 0 aromatic carbocycles. The fraction of sp³-hybridized carbons (Fsp3) is 0.842. The van der Waals surface area contributed by atoms with Gasteiger partial charge in [0.15, 0.2) is 0 Å². The first-order chi connectivity index (χ1) is 12.2. The van der Waals surface area contributed by atoms with Crippen molar-refractivity contribution in [3.63, 3.8) is 0 Å². The average molecular weight is 345 g/mol. The Bertz CT molecular complexity index is 607. The van der Waals surface area contributed by atoms with Gasteiger partial charge in [-0.1, -0.05) is 25.7 Å². The minimum Gasteiger partial charge on any atom is -0.340 e. The van der Waals surface area contributed by atoms with E-state index >= 15 is 0 Å². The number of carbonyl (C=O) groups is 1. The van der Waals surface area contributed by atoms with Crippen LogP contribution in [0.3, 0.4) is 0 Å². The van der Waals surface area contributed by atoms with Crippen molar-refractivity contribution >= 4 is 5.91 Å². The van der Waals surface area contributed by atoms with Gasteiger partial charge in [-0.05, 0) is 39.3 Å². The van der Waals surface area contributed by atoms with Crippen LogP contribution >= 0.6 is 0 Å². The molecule has 3 heterocycles. The number of carbonyl (C=O) groups excluding carboxylic acids is 1. The molecule has 4 rings (SSSR count). The highest BCUT2D eigenvalue weighted by molar-refractivity contribution is 5.79. The molecule has 2 aliphatic heterocycles. The smallest absolute Gasteiger partial charge is 0.225 e. The normalized spacial score (nSPS) is 26.3. The lowest BCUT2D eigenvalue weighted by Crippen LogP contribution is -2.39. The van der Waals surface area contributed by atoms with E-state index in [9.17, 15) is 4.79 Å². The van der Waals surface area contributed by atoms with Crippen molar-refractivity contribution in [3.05, 3.63) is 11.6 Å². The molecule has 1 saturated heterocycles. The molecular formula is C19H31N5O. The molecule has 0 bridgehead atoms. The molecule has 1 amide bonds. The van der Waals surface area contributed by atoms with Crippen molar-refractivity contribution in [1.29, 1.82) is 0 Å². The van der Waals surface area contributed by atoms with Crippen LogP contribution in [0.5, 0.6) is 0 Å².